The SMILES string of the molecule is c1ccc(C(c2ccccc2)[C@@H]2CO2)cc1. The maximum Gasteiger partial charge on any atom is 0.0918 e. The molecule has 0 amide bonds. The molecule has 0 unspecified atom stereocenters. The van der Waals surface area contributed by atoms with Gasteiger partial charge in [0.05, 0.1) is 12.7 Å². The van der Waals surface area contributed by atoms with Crippen molar-refractivity contribution in [2.45, 2.75) is 12.0 Å². The lowest BCUT2D eigenvalue weighted by atomic mass is 9.89. The summed E-state index contributed by atoms with van der Waals surface area (Å²) in [6, 6.07) is 21.2. The van der Waals surface area contributed by atoms with E-state index in [1.54, 1.807) is 0 Å². The molecule has 80 valence electrons. The third kappa shape index (κ3) is 1.86. The van der Waals surface area contributed by atoms with Crippen LogP contribution in [0.1, 0.15) is 17.0 Å². The number of hydrogen-bond acceptors (Lipinski definition) is 1. The zero-order chi connectivity index (χ0) is 10.8. The molecule has 0 N–H and O–H groups in total. The predicted molar refractivity (Wildman–Crippen MR) is 64.5 cm³/mol. The Bertz CT molecular complexity index is 406. The summed E-state index contributed by atoms with van der Waals surface area (Å²) >= 11 is 0. The van der Waals surface area contributed by atoms with E-state index in [9.17, 15) is 0 Å². The van der Waals surface area contributed by atoms with Crippen molar-refractivity contribution in [1.29, 1.82) is 0 Å². The first-order valence-corrected chi connectivity index (χ1v) is 5.66. The summed E-state index contributed by atoms with van der Waals surface area (Å²) in [5, 5.41) is 0. The van der Waals surface area contributed by atoms with Crippen LogP contribution in [0.4, 0.5) is 0 Å². The Morgan fingerprint density at radius 2 is 1.25 bits per heavy atom. The fraction of sp³-hybridized carbons (Fsp3) is 0.200. The molecular formula is C15H14O. The predicted octanol–water partition coefficient (Wildman–Crippen LogP) is 3.22. The van der Waals surface area contributed by atoms with Gasteiger partial charge >= 0.3 is 0 Å². The van der Waals surface area contributed by atoms with Gasteiger partial charge in [-0.05, 0) is 11.1 Å². The van der Waals surface area contributed by atoms with Gasteiger partial charge in [-0.3, -0.25) is 0 Å². The Hall–Kier alpha value is -1.60. The third-order valence-corrected chi connectivity index (χ3v) is 3.05. The van der Waals surface area contributed by atoms with Crippen LogP contribution >= 0.6 is 0 Å². The minimum absolute atomic E-state index is 0.366. The number of ether oxygens (including phenoxy) is 1. The van der Waals surface area contributed by atoms with E-state index in [1.165, 1.54) is 11.1 Å². The Labute approximate surface area is 95.7 Å². The van der Waals surface area contributed by atoms with Crippen molar-refractivity contribution in [3.05, 3.63) is 71.8 Å². The van der Waals surface area contributed by atoms with Gasteiger partial charge < -0.3 is 4.74 Å². The second kappa shape index (κ2) is 4.11. The molecule has 0 spiro atoms. The summed E-state index contributed by atoms with van der Waals surface area (Å²) in [6.45, 7) is 0.883. The summed E-state index contributed by atoms with van der Waals surface area (Å²) in [5.74, 6) is 0.391. The van der Waals surface area contributed by atoms with Gasteiger partial charge in [-0.15, -0.1) is 0 Å². The molecule has 0 radical (unpaired) electrons. The topological polar surface area (TPSA) is 12.5 Å². The first-order valence-electron chi connectivity index (χ1n) is 5.66. The summed E-state index contributed by atoms with van der Waals surface area (Å²) in [7, 11) is 0. The number of benzene rings is 2. The van der Waals surface area contributed by atoms with Gasteiger partial charge in [0.2, 0.25) is 0 Å². The highest BCUT2D eigenvalue weighted by Gasteiger charge is 2.34. The van der Waals surface area contributed by atoms with Gasteiger partial charge in [-0.2, -0.15) is 0 Å². The molecule has 1 fully saturated rings. The largest absolute Gasteiger partial charge is 0.372 e. The zero-order valence-corrected chi connectivity index (χ0v) is 9.04. The molecular weight excluding hydrogens is 196 g/mol. The van der Waals surface area contributed by atoms with Crippen molar-refractivity contribution in [3.63, 3.8) is 0 Å². The first kappa shape index (κ1) is 9.61. The van der Waals surface area contributed by atoms with Crippen LogP contribution in [0.2, 0.25) is 0 Å². The van der Waals surface area contributed by atoms with E-state index in [4.69, 9.17) is 4.74 Å². The molecule has 1 saturated heterocycles. The van der Waals surface area contributed by atoms with Gasteiger partial charge in [-0.1, -0.05) is 60.7 Å². The molecule has 1 aliphatic heterocycles. The van der Waals surface area contributed by atoms with Crippen molar-refractivity contribution < 1.29 is 4.74 Å². The maximum absolute atomic E-state index is 5.48. The molecule has 1 heterocycles. The summed E-state index contributed by atoms with van der Waals surface area (Å²) in [4.78, 5) is 0. The Kier molecular flexibility index (Phi) is 2.47. The van der Waals surface area contributed by atoms with E-state index in [2.05, 4.69) is 60.7 Å². The van der Waals surface area contributed by atoms with E-state index >= 15 is 0 Å². The van der Waals surface area contributed by atoms with Crippen molar-refractivity contribution in [2.24, 2.45) is 0 Å². The van der Waals surface area contributed by atoms with E-state index in [0.717, 1.165) is 6.61 Å². The smallest absolute Gasteiger partial charge is 0.0918 e. The molecule has 2 aromatic rings. The van der Waals surface area contributed by atoms with Crippen LogP contribution in [-0.2, 0) is 4.74 Å². The van der Waals surface area contributed by atoms with Gasteiger partial charge in [0, 0.05) is 5.92 Å². The lowest BCUT2D eigenvalue weighted by Gasteiger charge is -2.15. The van der Waals surface area contributed by atoms with Crippen LogP contribution in [0, 0.1) is 0 Å². The van der Waals surface area contributed by atoms with E-state index in [1.807, 2.05) is 0 Å². The van der Waals surface area contributed by atoms with E-state index < -0.39 is 0 Å². The molecule has 1 atom stereocenters. The van der Waals surface area contributed by atoms with Crippen molar-refractivity contribution in [3.8, 4) is 0 Å². The second-order valence-electron chi connectivity index (χ2n) is 4.17. The zero-order valence-electron chi connectivity index (χ0n) is 9.04. The molecule has 16 heavy (non-hydrogen) atoms. The van der Waals surface area contributed by atoms with Crippen LogP contribution in [-0.4, -0.2) is 12.7 Å². The molecule has 0 saturated carbocycles. The minimum Gasteiger partial charge on any atom is -0.372 e. The van der Waals surface area contributed by atoms with Gasteiger partial charge in [0.15, 0.2) is 0 Å². The Morgan fingerprint density at radius 1 is 0.812 bits per heavy atom. The first-order chi connectivity index (χ1) is 7.95. The fourth-order valence-corrected chi connectivity index (χ4v) is 2.19. The Morgan fingerprint density at radius 3 is 1.62 bits per heavy atom. The summed E-state index contributed by atoms with van der Waals surface area (Å²) < 4.78 is 5.48. The molecule has 1 nitrogen and oxygen atoms in total. The standard InChI is InChI=1S/C15H14O/c1-3-7-12(8-4-1)15(14-11-16-14)13-9-5-2-6-10-13/h1-10,14-15H,11H2/t14-/m0/s1. The molecule has 3 rings (SSSR count). The number of epoxide rings is 1. The molecule has 0 aliphatic carbocycles. The molecule has 1 heteroatoms. The van der Waals surface area contributed by atoms with Crippen molar-refractivity contribution in [2.75, 3.05) is 6.61 Å². The molecule has 0 aromatic heterocycles. The number of rotatable bonds is 3. The van der Waals surface area contributed by atoms with Crippen molar-refractivity contribution >= 4 is 0 Å². The monoisotopic (exact) mass is 210 g/mol. The van der Waals surface area contributed by atoms with Crippen LogP contribution in [0.3, 0.4) is 0 Å². The highest BCUT2D eigenvalue weighted by Crippen LogP contribution is 2.35. The minimum atomic E-state index is 0.366. The highest BCUT2D eigenvalue weighted by molar-refractivity contribution is 5.34. The normalized spacial score (nSPS) is 18.7. The number of hydrogen-bond donors (Lipinski definition) is 0. The van der Waals surface area contributed by atoms with Crippen molar-refractivity contribution in [1.82, 2.24) is 0 Å². The molecule has 2 aromatic carbocycles. The van der Waals surface area contributed by atoms with Crippen LogP contribution in [0.25, 0.3) is 0 Å². The van der Waals surface area contributed by atoms with Gasteiger partial charge in [-0.25, -0.2) is 0 Å². The van der Waals surface area contributed by atoms with E-state index in [0.29, 0.717) is 12.0 Å². The maximum atomic E-state index is 5.48. The third-order valence-electron chi connectivity index (χ3n) is 3.05. The average Bonchev–Trinajstić information content (AvgIpc) is 3.17. The van der Waals surface area contributed by atoms with Crippen LogP contribution in [0.15, 0.2) is 60.7 Å². The second-order valence-corrected chi connectivity index (χ2v) is 4.17. The van der Waals surface area contributed by atoms with Gasteiger partial charge in [0.1, 0.15) is 0 Å². The summed E-state index contributed by atoms with van der Waals surface area (Å²) in [5.41, 5.74) is 2.69. The van der Waals surface area contributed by atoms with Gasteiger partial charge in [0.25, 0.3) is 0 Å². The molecule has 1 aliphatic rings. The van der Waals surface area contributed by atoms with Crippen LogP contribution in [0.5, 0.6) is 0 Å². The van der Waals surface area contributed by atoms with E-state index in [-0.39, 0.29) is 0 Å². The average molecular weight is 210 g/mol. The quantitative estimate of drug-likeness (QED) is 0.709. The lowest BCUT2D eigenvalue weighted by molar-refractivity contribution is 0.389. The Balaban J connectivity index is 1.99. The lowest BCUT2D eigenvalue weighted by Crippen LogP contribution is -2.07. The highest BCUT2D eigenvalue weighted by atomic mass is 16.6. The summed E-state index contributed by atoms with van der Waals surface area (Å²) in [6.07, 6.45) is 0.366. The fourth-order valence-electron chi connectivity index (χ4n) is 2.19. The molecule has 0 bridgehead atoms. The van der Waals surface area contributed by atoms with Crippen LogP contribution < -0.4 is 0 Å².